The molecule has 0 saturated carbocycles. The molecule has 0 radical (unpaired) electrons. The third-order valence-electron chi connectivity index (χ3n) is 1.81. The molecule has 3 N–H and O–H groups in total. The Hall–Kier alpha value is -0.650. The van der Waals surface area contributed by atoms with E-state index in [1.165, 1.54) is 0 Å². The second kappa shape index (κ2) is 8.64. The molecule has 0 aliphatic rings. The van der Waals surface area contributed by atoms with Gasteiger partial charge in [0.1, 0.15) is 0 Å². The van der Waals surface area contributed by atoms with Crippen molar-refractivity contribution in [2.45, 2.75) is 19.4 Å². The third-order valence-corrected chi connectivity index (χ3v) is 1.81. The highest BCUT2D eigenvalue weighted by Crippen LogP contribution is 1.83. The molecular formula is C10H23N3O2. The van der Waals surface area contributed by atoms with Crippen LogP contribution in [0.3, 0.4) is 0 Å². The molecule has 15 heavy (non-hydrogen) atoms. The van der Waals surface area contributed by atoms with Crippen LogP contribution in [0.4, 0.5) is 0 Å². The topological polar surface area (TPSA) is 64.6 Å². The van der Waals surface area contributed by atoms with E-state index in [-0.39, 0.29) is 12.5 Å². The van der Waals surface area contributed by atoms with E-state index in [1.54, 1.807) is 0 Å². The van der Waals surface area contributed by atoms with Gasteiger partial charge in [0.05, 0.1) is 12.6 Å². The number of hydrogen-bond acceptors (Lipinski definition) is 4. The Morgan fingerprint density at radius 2 is 2.13 bits per heavy atom. The minimum absolute atomic E-state index is 0.0195. The minimum atomic E-state index is -0.432. The Labute approximate surface area is 91.8 Å². The van der Waals surface area contributed by atoms with Gasteiger partial charge in [0.25, 0.3) is 0 Å². The summed E-state index contributed by atoms with van der Waals surface area (Å²) in [5.41, 5.74) is 0. The van der Waals surface area contributed by atoms with E-state index < -0.39 is 6.10 Å². The van der Waals surface area contributed by atoms with Crippen LogP contribution < -0.4 is 10.6 Å². The zero-order chi connectivity index (χ0) is 11.7. The van der Waals surface area contributed by atoms with E-state index >= 15 is 0 Å². The van der Waals surface area contributed by atoms with Crippen LogP contribution in [-0.2, 0) is 4.79 Å². The van der Waals surface area contributed by atoms with Crippen LogP contribution in [0.15, 0.2) is 0 Å². The second-order valence-electron chi connectivity index (χ2n) is 3.90. The van der Waals surface area contributed by atoms with Crippen LogP contribution in [0.25, 0.3) is 0 Å². The Bertz CT molecular complexity index is 174. The summed E-state index contributed by atoms with van der Waals surface area (Å²) in [4.78, 5) is 13.0. The maximum Gasteiger partial charge on any atom is 0.233 e. The molecule has 0 aliphatic carbocycles. The van der Waals surface area contributed by atoms with E-state index in [2.05, 4.69) is 10.6 Å². The number of rotatable bonds is 8. The van der Waals surface area contributed by atoms with Gasteiger partial charge in [-0.1, -0.05) is 6.92 Å². The summed E-state index contributed by atoms with van der Waals surface area (Å²) in [5.74, 6) is -0.0195. The zero-order valence-electron chi connectivity index (χ0n) is 9.92. The highest BCUT2D eigenvalue weighted by molar-refractivity contribution is 5.77. The van der Waals surface area contributed by atoms with E-state index in [0.717, 1.165) is 6.42 Å². The summed E-state index contributed by atoms with van der Waals surface area (Å²) < 4.78 is 0. The van der Waals surface area contributed by atoms with Gasteiger partial charge in [0.15, 0.2) is 0 Å². The molecule has 0 fully saturated rings. The van der Waals surface area contributed by atoms with Crippen molar-refractivity contribution >= 4 is 5.91 Å². The lowest BCUT2D eigenvalue weighted by Crippen LogP contribution is -2.40. The summed E-state index contributed by atoms with van der Waals surface area (Å²) in [6, 6.07) is 0. The van der Waals surface area contributed by atoms with E-state index in [1.807, 2.05) is 25.9 Å². The Morgan fingerprint density at radius 1 is 1.47 bits per heavy atom. The lowest BCUT2D eigenvalue weighted by Gasteiger charge is -2.16. The maximum atomic E-state index is 11.1. The first-order valence-electron chi connectivity index (χ1n) is 5.36. The van der Waals surface area contributed by atoms with E-state index in [0.29, 0.717) is 19.6 Å². The zero-order valence-corrected chi connectivity index (χ0v) is 9.92. The van der Waals surface area contributed by atoms with E-state index in [9.17, 15) is 9.90 Å². The number of carbonyl (C=O) groups excluding carboxylic acids is 1. The summed E-state index contributed by atoms with van der Waals surface area (Å²) in [6.07, 6.45) is 0.508. The molecular weight excluding hydrogens is 194 g/mol. The van der Waals surface area contributed by atoms with Gasteiger partial charge in [-0.3, -0.25) is 4.79 Å². The first-order chi connectivity index (χ1) is 7.06. The molecule has 0 bridgehead atoms. The van der Waals surface area contributed by atoms with Crippen LogP contribution in [0.2, 0.25) is 0 Å². The molecule has 0 aromatic rings. The Kier molecular flexibility index (Phi) is 8.27. The predicted octanol–water partition coefficient (Wildman–Crippen LogP) is -0.975. The second-order valence-corrected chi connectivity index (χ2v) is 3.90. The van der Waals surface area contributed by atoms with Gasteiger partial charge < -0.3 is 20.6 Å². The van der Waals surface area contributed by atoms with Crippen molar-refractivity contribution in [2.75, 3.05) is 40.3 Å². The molecule has 1 atom stereocenters. The van der Waals surface area contributed by atoms with Gasteiger partial charge in [-0.05, 0) is 20.5 Å². The van der Waals surface area contributed by atoms with Gasteiger partial charge in [0, 0.05) is 19.6 Å². The quantitative estimate of drug-likeness (QED) is 0.489. The summed E-state index contributed by atoms with van der Waals surface area (Å²) >= 11 is 0. The van der Waals surface area contributed by atoms with Gasteiger partial charge in [-0.2, -0.15) is 0 Å². The molecule has 1 unspecified atom stereocenters. The SMILES string of the molecule is CCCNC(=O)CNCC(O)CN(C)C. The standard InChI is InChI=1S/C10H23N3O2/c1-4-5-12-10(15)7-11-6-9(14)8-13(2)3/h9,11,14H,4-8H2,1-3H3,(H,12,15). The highest BCUT2D eigenvalue weighted by Gasteiger charge is 2.05. The number of amides is 1. The number of carbonyl (C=O) groups is 1. The van der Waals surface area contributed by atoms with Crippen LogP contribution >= 0.6 is 0 Å². The predicted molar refractivity (Wildman–Crippen MR) is 60.7 cm³/mol. The molecule has 1 amide bonds. The monoisotopic (exact) mass is 217 g/mol. The molecule has 0 spiro atoms. The number of aliphatic hydroxyl groups is 1. The smallest absolute Gasteiger partial charge is 0.233 e. The van der Waals surface area contributed by atoms with Gasteiger partial charge in [-0.15, -0.1) is 0 Å². The van der Waals surface area contributed by atoms with Crippen LogP contribution in [0.5, 0.6) is 0 Å². The molecule has 0 aliphatic heterocycles. The average molecular weight is 217 g/mol. The van der Waals surface area contributed by atoms with Gasteiger partial charge >= 0.3 is 0 Å². The molecule has 0 aromatic heterocycles. The van der Waals surface area contributed by atoms with Gasteiger partial charge in [-0.25, -0.2) is 0 Å². The summed E-state index contributed by atoms with van der Waals surface area (Å²) in [7, 11) is 3.80. The maximum absolute atomic E-state index is 11.1. The van der Waals surface area contributed by atoms with Crippen molar-refractivity contribution in [3.63, 3.8) is 0 Å². The molecule has 0 rings (SSSR count). The number of nitrogens with zero attached hydrogens (tertiary/aromatic N) is 1. The Balaban J connectivity index is 3.40. The first kappa shape index (κ1) is 14.3. The lowest BCUT2D eigenvalue weighted by molar-refractivity contribution is -0.120. The Morgan fingerprint density at radius 3 is 2.67 bits per heavy atom. The van der Waals surface area contributed by atoms with Crippen molar-refractivity contribution in [1.82, 2.24) is 15.5 Å². The van der Waals surface area contributed by atoms with Crippen LogP contribution in [0, 0.1) is 0 Å². The normalized spacial score (nSPS) is 12.9. The van der Waals surface area contributed by atoms with E-state index in [4.69, 9.17) is 0 Å². The van der Waals surface area contributed by atoms with Crippen molar-refractivity contribution in [3.8, 4) is 0 Å². The largest absolute Gasteiger partial charge is 0.390 e. The third kappa shape index (κ3) is 9.65. The molecule has 5 heteroatoms. The fraction of sp³-hybridized carbons (Fsp3) is 0.900. The van der Waals surface area contributed by atoms with Crippen molar-refractivity contribution < 1.29 is 9.90 Å². The van der Waals surface area contributed by atoms with Crippen molar-refractivity contribution in [2.24, 2.45) is 0 Å². The minimum Gasteiger partial charge on any atom is -0.390 e. The van der Waals surface area contributed by atoms with Crippen molar-refractivity contribution in [1.29, 1.82) is 0 Å². The van der Waals surface area contributed by atoms with Crippen molar-refractivity contribution in [3.05, 3.63) is 0 Å². The summed E-state index contributed by atoms with van der Waals surface area (Å²) in [6.45, 7) is 4.03. The molecule has 0 aromatic carbocycles. The van der Waals surface area contributed by atoms with Gasteiger partial charge in [0.2, 0.25) is 5.91 Å². The number of likely N-dealkylation sites (N-methyl/N-ethyl adjacent to an activating group) is 1. The van der Waals surface area contributed by atoms with Crippen LogP contribution in [-0.4, -0.2) is 62.3 Å². The number of hydrogen-bond donors (Lipinski definition) is 3. The van der Waals surface area contributed by atoms with Crippen LogP contribution in [0.1, 0.15) is 13.3 Å². The number of aliphatic hydroxyl groups excluding tert-OH is 1. The first-order valence-corrected chi connectivity index (χ1v) is 5.36. The average Bonchev–Trinajstić information content (AvgIpc) is 2.13. The highest BCUT2D eigenvalue weighted by atomic mass is 16.3. The lowest BCUT2D eigenvalue weighted by atomic mass is 10.3. The fourth-order valence-corrected chi connectivity index (χ4v) is 1.17. The number of nitrogens with one attached hydrogen (secondary N) is 2. The molecule has 0 saturated heterocycles. The summed E-state index contributed by atoms with van der Waals surface area (Å²) in [5, 5.41) is 15.1. The molecule has 90 valence electrons. The molecule has 0 heterocycles. The fourth-order valence-electron chi connectivity index (χ4n) is 1.17. The molecule has 5 nitrogen and oxygen atoms in total.